The summed E-state index contributed by atoms with van der Waals surface area (Å²) >= 11 is 7.79. The Kier molecular flexibility index (Phi) is 7.93. The number of nitrogens with zero attached hydrogens (tertiary/aromatic N) is 3. The van der Waals surface area contributed by atoms with Gasteiger partial charge in [0, 0.05) is 55.4 Å². The second-order valence-corrected chi connectivity index (χ2v) is 9.36. The minimum Gasteiger partial charge on any atom is -0.492 e. The minimum absolute atomic E-state index is 0.150. The first kappa shape index (κ1) is 23.6. The van der Waals surface area contributed by atoms with Crippen LogP contribution in [0.1, 0.15) is 5.56 Å². The lowest BCUT2D eigenvalue weighted by molar-refractivity contribution is -0.115. The van der Waals surface area contributed by atoms with E-state index in [1.54, 1.807) is 12.1 Å². The van der Waals surface area contributed by atoms with Gasteiger partial charge in [0.05, 0.1) is 11.4 Å². The number of pyridine rings is 1. The molecule has 1 aliphatic heterocycles. The average Bonchev–Trinajstić information content (AvgIpc) is 3.25. The summed E-state index contributed by atoms with van der Waals surface area (Å²) in [4.78, 5) is 20.8. The Hall–Kier alpha value is -2.52. The SMILES string of the molecule is CN1CCN(CCOc2ccc(CC(=O)Nc3cc(-c4ccnc(F)c4)cs3)c(Cl)c2)CC1. The Morgan fingerprint density at radius 2 is 2.00 bits per heavy atom. The second kappa shape index (κ2) is 11.1. The second-order valence-electron chi connectivity index (χ2n) is 8.04. The number of carbonyl (C=O) groups excluding carboxylic acids is 1. The summed E-state index contributed by atoms with van der Waals surface area (Å²) in [6.45, 7) is 5.75. The Morgan fingerprint density at radius 1 is 1.18 bits per heavy atom. The van der Waals surface area contributed by atoms with Gasteiger partial charge in [0.2, 0.25) is 11.9 Å². The van der Waals surface area contributed by atoms with Gasteiger partial charge < -0.3 is 15.0 Å². The van der Waals surface area contributed by atoms with E-state index in [2.05, 4.69) is 27.1 Å². The van der Waals surface area contributed by atoms with Crippen LogP contribution in [-0.2, 0) is 11.2 Å². The zero-order valence-corrected chi connectivity index (χ0v) is 20.0. The highest BCUT2D eigenvalue weighted by molar-refractivity contribution is 7.14. The molecule has 9 heteroatoms. The molecule has 1 fully saturated rings. The molecule has 1 N–H and O–H groups in total. The largest absolute Gasteiger partial charge is 0.492 e. The number of carbonyl (C=O) groups is 1. The molecule has 4 rings (SSSR count). The van der Waals surface area contributed by atoms with Crippen LogP contribution in [0.5, 0.6) is 5.75 Å². The first-order chi connectivity index (χ1) is 16.0. The van der Waals surface area contributed by atoms with Gasteiger partial charge in [0.1, 0.15) is 12.4 Å². The van der Waals surface area contributed by atoms with Crippen LogP contribution in [0.25, 0.3) is 11.1 Å². The topological polar surface area (TPSA) is 57.7 Å². The van der Waals surface area contributed by atoms with Crippen LogP contribution in [0.4, 0.5) is 9.39 Å². The molecule has 33 heavy (non-hydrogen) atoms. The summed E-state index contributed by atoms with van der Waals surface area (Å²) < 4.78 is 19.2. The molecule has 0 unspecified atom stereocenters. The molecule has 174 valence electrons. The number of anilines is 1. The van der Waals surface area contributed by atoms with Gasteiger partial charge in [0.15, 0.2) is 0 Å². The molecule has 0 bridgehead atoms. The highest BCUT2D eigenvalue weighted by Gasteiger charge is 2.14. The number of rotatable bonds is 8. The van der Waals surface area contributed by atoms with Crippen molar-refractivity contribution < 1.29 is 13.9 Å². The molecule has 0 aliphatic carbocycles. The molecule has 1 aliphatic rings. The van der Waals surface area contributed by atoms with E-state index in [0.29, 0.717) is 27.9 Å². The molecular formula is C24H26ClFN4O2S. The zero-order valence-electron chi connectivity index (χ0n) is 18.4. The van der Waals surface area contributed by atoms with Crippen molar-refractivity contribution in [3.8, 4) is 16.9 Å². The number of hydrogen-bond donors (Lipinski definition) is 1. The van der Waals surface area contributed by atoms with Crippen molar-refractivity contribution in [2.24, 2.45) is 0 Å². The third-order valence-corrected chi connectivity index (χ3v) is 6.77. The van der Waals surface area contributed by atoms with E-state index < -0.39 is 5.95 Å². The number of ether oxygens (including phenoxy) is 1. The maximum absolute atomic E-state index is 13.3. The number of likely N-dealkylation sites (N-methyl/N-ethyl adjacent to an activating group) is 1. The van der Waals surface area contributed by atoms with E-state index in [1.165, 1.54) is 23.6 Å². The van der Waals surface area contributed by atoms with Crippen LogP contribution < -0.4 is 10.1 Å². The molecule has 0 radical (unpaired) electrons. The van der Waals surface area contributed by atoms with E-state index in [9.17, 15) is 9.18 Å². The quantitative estimate of drug-likeness (QED) is 0.476. The van der Waals surface area contributed by atoms with Crippen molar-refractivity contribution in [2.45, 2.75) is 6.42 Å². The van der Waals surface area contributed by atoms with E-state index in [1.807, 2.05) is 23.6 Å². The number of piperazine rings is 1. The summed E-state index contributed by atoms with van der Waals surface area (Å²) in [5.74, 6) is -0.00797. The van der Waals surface area contributed by atoms with Crippen LogP contribution in [0, 0.1) is 5.95 Å². The summed E-state index contributed by atoms with van der Waals surface area (Å²) in [5.41, 5.74) is 2.27. The first-order valence-corrected chi connectivity index (χ1v) is 12.0. The molecule has 0 atom stereocenters. The Balaban J connectivity index is 1.27. The summed E-state index contributed by atoms with van der Waals surface area (Å²) in [5, 5.41) is 5.94. The van der Waals surface area contributed by atoms with Crippen molar-refractivity contribution in [1.29, 1.82) is 0 Å². The molecule has 1 amide bonds. The lowest BCUT2D eigenvalue weighted by Gasteiger charge is -2.32. The summed E-state index contributed by atoms with van der Waals surface area (Å²) in [6, 6.07) is 10.3. The van der Waals surface area contributed by atoms with Gasteiger partial charge in [-0.25, -0.2) is 4.98 Å². The maximum atomic E-state index is 13.3. The van der Waals surface area contributed by atoms with Crippen molar-refractivity contribution in [3.05, 3.63) is 64.5 Å². The lowest BCUT2D eigenvalue weighted by Crippen LogP contribution is -2.45. The summed E-state index contributed by atoms with van der Waals surface area (Å²) in [6.07, 6.45) is 1.57. The van der Waals surface area contributed by atoms with Crippen LogP contribution in [0.2, 0.25) is 5.02 Å². The molecule has 3 heterocycles. The number of aromatic nitrogens is 1. The fraction of sp³-hybridized carbons (Fsp3) is 0.333. The highest BCUT2D eigenvalue weighted by atomic mass is 35.5. The molecule has 6 nitrogen and oxygen atoms in total. The van der Waals surface area contributed by atoms with Crippen molar-refractivity contribution in [3.63, 3.8) is 0 Å². The van der Waals surface area contributed by atoms with Gasteiger partial charge in [-0.05, 0) is 48.0 Å². The number of amides is 1. The van der Waals surface area contributed by atoms with Crippen LogP contribution in [-0.4, -0.2) is 67.1 Å². The van der Waals surface area contributed by atoms with Crippen molar-refractivity contribution >= 4 is 33.8 Å². The number of hydrogen-bond acceptors (Lipinski definition) is 6. The number of benzene rings is 1. The van der Waals surface area contributed by atoms with Gasteiger partial charge >= 0.3 is 0 Å². The fourth-order valence-electron chi connectivity index (χ4n) is 3.62. The van der Waals surface area contributed by atoms with Gasteiger partial charge in [-0.15, -0.1) is 11.3 Å². The molecule has 1 aromatic carbocycles. The smallest absolute Gasteiger partial charge is 0.229 e. The van der Waals surface area contributed by atoms with Crippen LogP contribution >= 0.6 is 22.9 Å². The van der Waals surface area contributed by atoms with E-state index in [0.717, 1.165) is 43.9 Å². The third-order valence-electron chi connectivity index (χ3n) is 5.57. The van der Waals surface area contributed by atoms with Gasteiger partial charge in [-0.3, -0.25) is 9.69 Å². The average molecular weight is 489 g/mol. The Morgan fingerprint density at radius 3 is 2.76 bits per heavy atom. The monoisotopic (exact) mass is 488 g/mol. The van der Waals surface area contributed by atoms with Crippen LogP contribution in [0.15, 0.2) is 48.0 Å². The molecular weight excluding hydrogens is 463 g/mol. The lowest BCUT2D eigenvalue weighted by atomic mass is 10.1. The molecule has 2 aromatic heterocycles. The Labute approximate surface area is 201 Å². The fourth-order valence-corrected chi connectivity index (χ4v) is 4.68. The standard InChI is InChI=1S/C24H26ClFN4O2S/c1-29-6-8-30(9-7-29)10-11-32-20-3-2-18(21(25)15-20)13-23(31)28-24-14-19(16-33-24)17-4-5-27-22(26)12-17/h2-5,12,14-16H,6-11,13H2,1H3,(H,28,31). The number of thiophene rings is 1. The van der Waals surface area contributed by atoms with Crippen LogP contribution in [0.3, 0.4) is 0 Å². The van der Waals surface area contributed by atoms with E-state index >= 15 is 0 Å². The summed E-state index contributed by atoms with van der Waals surface area (Å²) in [7, 11) is 2.14. The van der Waals surface area contributed by atoms with Gasteiger partial charge in [-0.1, -0.05) is 17.7 Å². The maximum Gasteiger partial charge on any atom is 0.229 e. The predicted octanol–water partition coefficient (Wildman–Crippen LogP) is 4.41. The molecule has 1 saturated heterocycles. The molecule has 3 aromatic rings. The minimum atomic E-state index is -0.536. The molecule has 0 spiro atoms. The van der Waals surface area contributed by atoms with E-state index in [4.69, 9.17) is 16.3 Å². The van der Waals surface area contributed by atoms with Gasteiger partial charge in [0.25, 0.3) is 0 Å². The normalized spacial score (nSPS) is 14.9. The zero-order chi connectivity index (χ0) is 23.2. The van der Waals surface area contributed by atoms with E-state index in [-0.39, 0.29) is 12.3 Å². The highest BCUT2D eigenvalue weighted by Crippen LogP contribution is 2.29. The van der Waals surface area contributed by atoms with Crippen molar-refractivity contribution in [1.82, 2.24) is 14.8 Å². The van der Waals surface area contributed by atoms with Gasteiger partial charge in [-0.2, -0.15) is 4.39 Å². The van der Waals surface area contributed by atoms with Crippen molar-refractivity contribution in [2.75, 3.05) is 51.7 Å². The molecule has 0 saturated carbocycles. The Bertz CT molecular complexity index is 1100. The number of nitrogens with one attached hydrogen (secondary N) is 1. The predicted molar refractivity (Wildman–Crippen MR) is 131 cm³/mol. The number of halogens is 2. The third kappa shape index (κ3) is 6.74. The first-order valence-electron chi connectivity index (χ1n) is 10.8.